The second-order valence-electron chi connectivity index (χ2n) is 6.84. The molecule has 2 aromatic carbocycles. The molecule has 0 bridgehead atoms. The van der Waals surface area contributed by atoms with Crippen LogP contribution in [-0.2, 0) is 14.8 Å². The maximum absolute atomic E-state index is 12.8. The fourth-order valence-electron chi connectivity index (χ4n) is 3.32. The van der Waals surface area contributed by atoms with Gasteiger partial charge in [-0.3, -0.25) is 4.90 Å². The van der Waals surface area contributed by atoms with E-state index >= 15 is 0 Å². The van der Waals surface area contributed by atoms with E-state index in [2.05, 4.69) is 33.9 Å². The monoisotopic (exact) mass is 408 g/mol. The minimum atomic E-state index is -3.62. The van der Waals surface area contributed by atoms with Crippen LogP contribution >= 0.6 is 11.6 Å². The van der Waals surface area contributed by atoms with Gasteiger partial charge in [-0.15, -0.1) is 0 Å². The summed E-state index contributed by atoms with van der Waals surface area (Å²) in [7, 11) is -3.62. The molecule has 1 atom stereocenters. The number of halogens is 1. The smallest absolute Gasteiger partial charge is 0.240 e. The molecule has 1 saturated heterocycles. The molecule has 0 saturated carbocycles. The Morgan fingerprint density at radius 3 is 2.41 bits per heavy atom. The first-order chi connectivity index (χ1) is 12.9. The molecule has 1 N–H and O–H groups in total. The van der Waals surface area contributed by atoms with Crippen LogP contribution in [0.1, 0.15) is 22.7 Å². The fraction of sp³-hybridized carbons (Fsp3) is 0.400. The Hall–Kier alpha value is -1.44. The molecule has 146 valence electrons. The van der Waals surface area contributed by atoms with Crippen LogP contribution in [-0.4, -0.2) is 46.2 Å². The number of aryl methyl sites for hydroxylation is 2. The summed E-state index contributed by atoms with van der Waals surface area (Å²) in [5.41, 5.74) is 2.91. The van der Waals surface area contributed by atoms with Crippen LogP contribution in [0, 0.1) is 13.8 Å². The number of nitrogens with one attached hydrogen (secondary N) is 1. The zero-order valence-corrected chi connectivity index (χ0v) is 17.2. The van der Waals surface area contributed by atoms with Gasteiger partial charge in [-0.1, -0.05) is 41.4 Å². The average Bonchev–Trinajstić information content (AvgIpc) is 2.64. The van der Waals surface area contributed by atoms with Crippen molar-refractivity contribution >= 4 is 21.6 Å². The largest absolute Gasteiger partial charge is 0.379 e. The lowest BCUT2D eigenvalue weighted by atomic mass is 10.0. The van der Waals surface area contributed by atoms with E-state index in [-0.39, 0.29) is 10.9 Å². The first kappa shape index (κ1) is 20.3. The highest BCUT2D eigenvalue weighted by Crippen LogP contribution is 2.24. The minimum absolute atomic E-state index is 0.0446. The van der Waals surface area contributed by atoms with Crippen molar-refractivity contribution < 1.29 is 13.2 Å². The van der Waals surface area contributed by atoms with Crippen molar-refractivity contribution in [3.63, 3.8) is 0 Å². The van der Waals surface area contributed by atoms with Crippen molar-refractivity contribution in [2.45, 2.75) is 24.8 Å². The molecule has 3 rings (SSSR count). The Morgan fingerprint density at radius 2 is 1.78 bits per heavy atom. The average molecular weight is 409 g/mol. The highest BCUT2D eigenvalue weighted by Gasteiger charge is 2.25. The van der Waals surface area contributed by atoms with Crippen molar-refractivity contribution in [3.8, 4) is 0 Å². The Morgan fingerprint density at radius 1 is 1.11 bits per heavy atom. The van der Waals surface area contributed by atoms with Crippen LogP contribution in [0.4, 0.5) is 0 Å². The Bertz CT molecular complexity index is 879. The van der Waals surface area contributed by atoms with Crippen LogP contribution < -0.4 is 4.72 Å². The first-order valence-corrected chi connectivity index (χ1v) is 10.9. The van der Waals surface area contributed by atoms with E-state index < -0.39 is 10.0 Å². The van der Waals surface area contributed by atoms with Crippen molar-refractivity contribution in [2.75, 3.05) is 32.8 Å². The summed E-state index contributed by atoms with van der Waals surface area (Å²) in [5, 5.41) is 0.525. The van der Waals surface area contributed by atoms with Crippen molar-refractivity contribution in [2.24, 2.45) is 0 Å². The third kappa shape index (κ3) is 5.09. The first-order valence-electron chi connectivity index (χ1n) is 9.01. The molecule has 0 aliphatic carbocycles. The lowest BCUT2D eigenvalue weighted by molar-refractivity contribution is 0.0172. The van der Waals surface area contributed by atoms with Crippen molar-refractivity contribution in [1.82, 2.24) is 9.62 Å². The van der Waals surface area contributed by atoms with Crippen LogP contribution in [0.5, 0.6) is 0 Å². The molecule has 1 heterocycles. The zero-order valence-electron chi connectivity index (χ0n) is 15.6. The van der Waals surface area contributed by atoms with E-state index in [0.29, 0.717) is 30.3 Å². The molecule has 5 nitrogen and oxygen atoms in total. The molecule has 1 aliphatic rings. The van der Waals surface area contributed by atoms with E-state index in [1.54, 1.807) is 25.1 Å². The van der Waals surface area contributed by atoms with Gasteiger partial charge in [-0.2, -0.15) is 0 Å². The van der Waals surface area contributed by atoms with Crippen LogP contribution in [0.3, 0.4) is 0 Å². The summed E-state index contributed by atoms with van der Waals surface area (Å²) >= 11 is 5.96. The second-order valence-corrected chi connectivity index (χ2v) is 9.01. The summed E-state index contributed by atoms with van der Waals surface area (Å²) in [6.45, 7) is 6.96. The normalized spacial score (nSPS) is 17.0. The lowest BCUT2D eigenvalue weighted by Crippen LogP contribution is -2.43. The van der Waals surface area contributed by atoms with Crippen LogP contribution in [0.2, 0.25) is 5.02 Å². The Balaban J connectivity index is 1.82. The van der Waals surface area contributed by atoms with E-state index in [1.165, 1.54) is 5.56 Å². The van der Waals surface area contributed by atoms with Gasteiger partial charge in [-0.05, 0) is 43.2 Å². The minimum Gasteiger partial charge on any atom is -0.379 e. The topological polar surface area (TPSA) is 58.6 Å². The van der Waals surface area contributed by atoms with Crippen LogP contribution in [0.25, 0.3) is 0 Å². The molecule has 2 aromatic rings. The number of sulfonamides is 1. The van der Waals surface area contributed by atoms with Gasteiger partial charge in [0.1, 0.15) is 0 Å². The molecule has 0 spiro atoms. The number of ether oxygens (including phenoxy) is 1. The van der Waals surface area contributed by atoms with Gasteiger partial charge in [-0.25, -0.2) is 13.1 Å². The molecular formula is C20H25ClN2O3S. The summed E-state index contributed by atoms with van der Waals surface area (Å²) < 4.78 is 33.9. The Kier molecular flexibility index (Phi) is 6.55. The molecule has 1 fully saturated rings. The number of morpholine rings is 1. The molecule has 0 amide bonds. The van der Waals surface area contributed by atoms with Gasteiger partial charge in [0.25, 0.3) is 0 Å². The van der Waals surface area contributed by atoms with Gasteiger partial charge in [0, 0.05) is 30.7 Å². The van der Waals surface area contributed by atoms with E-state index in [9.17, 15) is 8.42 Å². The predicted octanol–water partition coefficient (Wildman–Crippen LogP) is 3.31. The number of hydrogen-bond donors (Lipinski definition) is 1. The second kappa shape index (κ2) is 8.71. The number of rotatable bonds is 6. The van der Waals surface area contributed by atoms with E-state index in [0.717, 1.165) is 18.7 Å². The number of hydrogen-bond acceptors (Lipinski definition) is 4. The van der Waals surface area contributed by atoms with Gasteiger partial charge in [0.05, 0.1) is 18.1 Å². The third-order valence-corrected chi connectivity index (χ3v) is 6.66. The van der Waals surface area contributed by atoms with Crippen molar-refractivity contribution in [1.29, 1.82) is 0 Å². The van der Waals surface area contributed by atoms with Crippen molar-refractivity contribution in [3.05, 3.63) is 64.2 Å². The van der Waals surface area contributed by atoms with E-state index in [4.69, 9.17) is 16.3 Å². The van der Waals surface area contributed by atoms with E-state index in [1.807, 2.05) is 6.92 Å². The molecule has 1 aliphatic heterocycles. The molecule has 0 radical (unpaired) electrons. The number of nitrogens with zero attached hydrogens (tertiary/aromatic N) is 1. The highest BCUT2D eigenvalue weighted by molar-refractivity contribution is 7.89. The SMILES string of the molecule is Cc1ccc(C(CNS(=O)(=O)c2ccc(Cl)cc2C)N2CCOCC2)cc1. The predicted molar refractivity (Wildman–Crippen MR) is 108 cm³/mol. The summed E-state index contributed by atoms with van der Waals surface area (Å²) in [4.78, 5) is 2.53. The van der Waals surface area contributed by atoms with Gasteiger partial charge in [0.15, 0.2) is 0 Å². The summed E-state index contributed by atoms with van der Waals surface area (Å²) in [6, 6.07) is 13.0. The molecule has 7 heteroatoms. The highest BCUT2D eigenvalue weighted by atomic mass is 35.5. The van der Waals surface area contributed by atoms with Crippen LogP contribution in [0.15, 0.2) is 47.4 Å². The standard InChI is InChI=1S/C20H25ClN2O3S/c1-15-3-5-17(6-4-15)19(23-9-11-26-12-10-23)14-22-27(24,25)20-8-7-18(21)13-16(20)2/h3-8,13,19,22H,9-12,14H2,1-2H3. The lowest BCUT2D eigenvalue weighted by Gasteiger charge is -2.35. The number of benzene rings is 2. The third-order valence-electron chi connectivity index (χ3n) is 4.84. The van der Waals surface area contributed by atoms with Gasteiger partial charge in [0.2, 0.25) is 10.0 Å². The Labute approximate surface area is 166 Å². The molecule has 0 aromatic heterocycles. The fourth-order valence-corrected chi connectivity index (χ4v) is 4.81. The maximum atomic E-state index is 12.8. The molecule has 27 heavy (non-hydrogen) atoms. The molecular weight excluding hydrogens is 384 g/mol. The summed E-state index contributed by atoms with van der Waals surface area (Å²) in [5.74, 6) is 0. The summed E-state index contributed by atoms with van der Waals surface area (Å²) in [6.07, 6.45) is 0. The van der Waals surface area contributed by atoms with Gasteiger partial charge < -0.3 is 4.74 Å². The van der Waals surface area contributed by atoms with Gasteiger partial charge >= 0.3 is 0 Å². The quantitative estimate of drug-likeness (QED) is 0.796. The zero-order chi connectivity index (χ0) is 19.4. The maximum Gasteiger partial charge on any atom is 0.240 e. The molecule has 1 unspecified atom stereocenters.